The number of ether oxygens (including phenoxy) is 1. The van der Waals surface area contributed by atoms with E-state index in [1.807, 2.05) is 29.2 Å². The lowest BCUT2D eigenvalue weighted by Crippen LogP contribution is -2.53. The number of nitrogens with zero attached hydrogens (tertiary/aromatic N) is 3. The van der Waals surface area contributed by atoms with E-state index in [1.54, 1.807) is 13.1 Å². The van der Waals surface area contributed by atoms with Crippen molar-refractivity contribution in [2.75, 3.05) is 13.1 Å². The van der Waals surface area contributed by atoms with Crippen molar-refractivity contribution in [3.8, 4) is 5.75 Å². The molecule has 1 atom stereocenters. The van der Waals surface area contributed by atoms with E-state index in [0.717, 1.165) is 24.2 Å². The van der Waals surface area contributed by atoms with Gasteiger partial charge in [0.15, 0.2) is 0 Å². The number of benzene rings is 1. The molecule has 0 saturated carbocycles. The van der Waals surface area contributed by atoms with Crippen molar-refractivity contribution in [1.29, 1.82) is 0 Å². The minimum atomic E-state index is -0.374. The summed E-state index contributed by atoms with van der Waals surface area (Å²) in [6, 6.07) is 7.63. The molecule has 1 spiro atoms. The Hall–Kier alpha value is -2.96. The van der Waals surface area contributed by atoms with Crippen molar-refractivity contribution in [2.45, 2.75) is 37.8 Å². The van der Waals surface area contributed by atoms with Crippen molar-refractivity contribution in [2.24, 2.45) is 0 Å². The fourth-order valence-corrected chi connectivity index (χ4v) is 3.93. The highest BCUT2D eigenvalue weighted by Crippen LogP contribution is 2.44. The van der Waals surface area contributed by atoms with Gasteiger partial charge in [-0.1, -0.05) is 18.2 Å². The van der Waals surface area contributed by atoms with Crippen LogP contribution in [-0.2, 0) is 4.79 Å². The normalized spacial score (nSPS) is 20.5. The van der Waals surface area contributed by atoms with E-state index in [4.69, 9.17) is 4.74 Å². The second-order valence-electron chi connectivity index (χ2n) is 7.15. The lowest BCUT2D eigenvalue weighted by atomic mass is 9.80. The van der Waals surface area contributed by atoms with E-state index in [2.05, 4.69) is 15.3 Å². The Kier molecular flexibility index (Phi) is 4.51. The molecule has 1 N–H and O–H groups in total. The van der Waals surface area contributed by atoms with Crippen LogP contribution in [0.25, 0.3) is 0 Å². The summed E-state index contributed by atoms with van der Waals surface area (Å²) in [5.41, 5.74) is 0.886. The molecule has 7 nitrogen and oxygen atoms in total. The molecule has 1 saturated heterocycles. The lowest BCUT2D eigenvalue weighted by Gasteiger charge is -2.46. The molecular formula is C20H22N4O3. The molecule has 3 heterocycles. The van der Waals surface area contributed by atoms with Crippen LogP contribution in [-0.4, -0.2) is 45.4 Å². The van der Waals surface area contributed by atoms with Crippen LogP contribution in [0.2, 0.25) is 0 Å². The number of hydrogen-bond donors (Lipinski definition) is 1. The molecule has 4 rings (SSSR count). The average molecular weight is 366 g/mol. The van der Waals surface area contributed by atoms with Crippen LogP contribution in [0, 0.1) is 0 Å². The molecule has 0 aliphatic carbocycles. The average Bonchev–Trinajstić information content (AvgIpc) is 2.69. The summed E-state index contributed by atoms with van der Waals surface area (Å²) in [6.45, 7) is 2.93. The molecular weight excluding hydrogens is 344 g/mol. The molecule has 0 radical (unpaired) electrons. The van der Waals surface area contributed by atoms with Gasteiger partial charge in [-0.2, -0.15) is 0 Å². The minimum absolute atomic E-state index is 0.0913. The zero-order valence-corrected chi connectivity index (χ0v) is 15.2. The fraction of sp³-hybridized carbons (Fsp3) is 0.400. The van der Waals surface area contributed by atoms with E-state index in [9.17, 15) is 9.59 Å². The van der Waals surface area contributed by atoms with Gasteiger partial charge in [-0.05, 0) is 6.07 Å². The van der Waals surface area contributed by atoms with Crippen LogP contribution >= 0.6 is 0 Å². The smallest absolute Gasteiger partial charge is 0.271 e. The highest BCUT2D eigenvalue weighted by Gasteiger charge is 2.44. The largest absolute Gasteiger partial charge is 0.487 e. The first kappa shape index (κ1) is 17.5. The van der Waals surface area contributed by atoms with Gasteiger partial charge in [0.1, 0.15) is 17.0 Å². The van der Waals surface area contributed by atoms with Gasteiger partial charge in [0.25, 0.3) is 5.91 Å². The van der Waals surface area contributed by atoms with Gasteiger partial charge in [-0.25, -0.2) is 4.98 Å². The van der Waals surface area contributed by atoms with E-state index in [0.29, 0.717) is 25.2 Å². The molecule has 0 bridgehead atoms. The Morgan fingerprint density at radius 1 is 1.22 bits per heavy atom. The molecule has 1 fully saturated rings. The topological polar surface area (TPSA) is 84.4 Å². The SMILES string of the molecule is CC(=O)N1CCC2(CC1)C[C@@H](NC(=O)c1cnccn1)c1ccccc1O2. The molecule has 140 valence electrons. The van der Waals surface area contributed by atoms with E-state index >= 15 is 0 Å². The Morgan fingerprint density at radius 2 is 2.00 bits per heavy atom. The maximum absolute atomic E-state index is 12.6. The van der Waals surface area contributed by atoms with Crippen LogP contribution < -0.4 is 10.1 Å². The third kappa shape index (κ3) is 3.49. The first-order valence-corrected chi connectivity index (χ1v) is 9.17. The Labute approximate surface area is 157 Å². The van der Waals surface area contributed by atoms with Crippen LogP contribution in [0.4, 0.5) is 0 Å². The van der Waals surface area contributed by atoms with E-state index < -0.39 is 0 Å². The number of para-hydroxylation sites is 1. The Balaban J connectivity index is 1.57. The van der Waals surface area contributed by atoms with Crippen LogP contribution in [0.5, 0.6) is 5.75 Å². The summed E-state index contributed by atoms with van der Waals surface area (Å²) in [4.78, 5) is 34.2. The Morgan fingerprint density at radius 3 is 2.70 bits per heavy atom. The number of hydrogen-bond acceptors (Lipinski definition) is 5. The van der Waals surface area contributed by atoms with Crippen molar-refractivity contribution in [3.05, 3.63) is 54.1 Å². The monoisotopic (exact) mass is 366 g/mol. The van der Waals surface area contributed by atoms with Crippen molar-refractivity contribution in [3.63, 3.8) is 0 Å². The summed E-state index contributed by atoms with van der Waals surface area (Å²) >= 11 is 0. The predicted molar refractivity (Wildman–Crippen MR) is 98.1 cm³/mol. The number of amides is 2. The quantitative estimate of drug-likeness (QED) is 0.880. The summed E-state index contributed by atoms with van der Waals surface area (Å²) in [5.74, 6) is 0.638. The fourth-order valence-electron chi connectivity index (χ4n) is 3.93. The molecule has 7 heteroatoms. The highest BCUT2D eigenvalue weighted by atomic mass is 16.5. The van der Waals surface area contributed by atoms with Crippen LogP contribution in [0.15, 0.2) is 42.9 Å². The van der Waals surface area contributed by atoms with Gasteiger partial charge in [0.2, 0.25) is 5.91 Å². The maximum atomic E-state index is 12.6. The molecule has 2 aliphatic heterocycles. The number of carbonyl (C=O) groups excluding carboxylic acids is 2. The number of carbonyl (C=O) groups is 2. The van der Waals surface area contributed by atoms with E-state index in [-0.39, 0.29) is 23.5 Å². The lowest BCUT2D eigenvalue weighted by molar-refractivity contribution is -0.132. The van der Waals surface area contributed by atoms with Crippen LogP contribution in [0.1, 0.15) is 48.3 Å². The van der Waals surface area contributed by atoms with E-state index in [1.165, 1.54) is 12.4 Å². The predicted octanol–water partition coefficient (Wildman–Crippen LogP) is 2.11. The number of fused-ring (bicyclic) bond motifs is 1. The Bertz CT molecular complexity index is 847. The number of likely N-dealkylation sites (tertiary alicyclic amines) is 1. The zero-order chi connectivity index (χ0) is 18.9. The molecule has 2 aromatic rings. The molecule has 0 unspecified atom stereocenters. The minimum Gasteiger partial charge on any atom is -0.487 e. The summed E-state index contributed by atoms with van der Waals surface area (Å²) in [5, 5.41) is 3.09. The third-order valence-electron chi connectivity index (χ3n) is 5.42. The second-order valence-corrected chi connectivity index (χ2v) is 7.15. The van der Waals surface area contributed by atoms with Gasteiger partial charge in [-0.15, -0.1) is 0 Å². The van der Waals surface area contributed by atoms with Crippen LogP contribution in [0.3, 0.4) is 0 Å². The summed E-state index contributed by atoms with van der Waals surface area (Å²) < 4.78 is 6.39. The first-order chi connectivity index (χ1) is 13.1. The third-order valence-corrected chi connectivity index (χ3v) is 5.42. The second kappa shape index (κ2) is 6.98. The number of piperidine rings is 1. The first-order valence-electron chi connectivity index (χ1n) is 9.17. The van der Waals surface area contributed by atoms with Gasteiger partial charge in [-0.3, -0.25) is 14.6 Å². The molecule has 27 heavy (non-hydrogen) atoms. The molecule has 2 amide bonds. The van der Waals surface area contributed by atoms with Gasteiger partial charge < -0.3 is 15.0 Å². The molecule has 1 aromatic carbocycles. The summed E-state index contributed by atoms with van der Waals surface area (Å²) in [7, 11) is 0. The standard InChI is InChI=1S/C20H22N4O3/c1-14(25)24-10-6-20(7-11-24)12-16(15-4-2-3-5-18(15)27-20)23-19(26)17-13-21-8-9-22-17/h2-5,8-9,13,16H,6-7,10-12H2,1H3,(H,23,26)/t16-/m1/s1. The van der Waals surface area contributed by atoms with Crippen molar-refractivity contribution >= 4 is 11.8 Å². The number of aromatic nitrogens is 2. The van der Waals surface area contributed by atoms with Gasteiger partial charge in [0, 0.05) is 57.2 Å². The maximum Gasteiger partial charge on any atom is 0.271 e. The van der Waals surface area contributed by atoms with Gasteiger partial charge >= 0.3 is 0 Å². The number of nitrogens with one attached hydrogen (secondary N) is 1. The van der Waals surface area contributed by atoms with Crippen molar-refractivity contribution < 1.29 is 14.3 Å². The number of rotatable bonds is 2. The highest BCUT2D eigenvalue weighted by molar-refractivity contribution is 5.92. The zero-order valence-electron chi connectivity index (χ0n) is 15.2. The van der Waals surface area contributed by atoms with Crippen molar-refractivity contribution in [1.82, 2.24) is 20.2 Å². The summed E-state index contributed by atoms with van der Waals surface area (Å²) in [6.07, 6.45) is 6.67. The molecule has 2 aliphatic rings. The molecule has 1 aromatic heterocycles. The van der Waals surface area contributed by atoms with Gasteiger partial charge in [0.05, 0.1) is 12.2 Å².